The van der Waals surface area contributed by atoms with Crippen molar-refractivity contribution in [1.29, 1.82) is 0 Å². The number of benzene rings is 15. The lowest BCUT2D eigenvalue weighted by atomic mass is 9.33. The maximum atomic E-state index is 10.1. The summed E-state index contributed by atoms with van der Waals surface area (Å²) in [6, 6.07) is 73.9. The molecule has 0 atom stereocenters. The number of fused-ring (bicyclic) bond motifs is 10. The molecule has 7 nitrogen and oxygen atoms in total. The average molecular weight is 1530 g/mol. The van der Waals surface area contributed by atoms with Crippen molar-refractivity contribution in [1.82, 2.24) is 24.1 Å². The molecule has 15 aromatic carbocycles. The van der Waals surface area contributed by atoms with Crippen LogP contribution in [0.4, 0.5) is 34.1 Å². The standard InChI is InChI=1S/C109H92BN7/c1-106(2,3)76-58-74(59-77(62-76)107(4,5)6)75-60-98-100-99(61-75)117(102-88(71-40-22-15-23-41-71)65-79(109(10,11)12)66-89(102)105-112-103(72-42-24-16-25-43-72)111-104(113-105)73-44-26-17-27-45-73)97-68-81(115-94-52-34-30-48-84(94)85-49-31-35-53-95(85)115)55-57-91(97)110(100)90-56-54-80(114-92-50-32-28-46-82(92)83-47-29-33-51-93(83)114)67-96(90)116(98)101-86(69-36-18-13-19-37-69)63-78(108(7,8)9)64-87(101)70-38-20-14-21-39-70/h13-68H,1-12H3/i28D,29D,30D,31D,32D,33D,34D,35D,46D,47D,48D,49D,50D,51D,52D,53D. The summed E-state index contributed by atoms with van der Waals surface area (Å²) in [6.07, 6.45) is 0. The summed E-state index contributed by atoms with van der Waals surface area (Å²) < 4.78 is 157. The predicted molar refractivity (Wildman–Crippen MR) is 495 cm³/mol. The van der Waals surface area contributed by atoms with Gasteiger partial charge in [0.2, 0.25) is 0 Å². The third kappa shape index (κ3) is 12.5. The van der Waals surface area contributed by atoms with Crippen LogP contribution < -0.4 is 26.2 Å². The van der Waals surface area contributed by atoms with Crippen LogP contribution in [-0.2, 0) is 21.7 Å². The lowest BCUT2D eigenvalue weighted by Gasteiger charge is -2.46. The molecule has 117 heavy (non-hydrogen) atoms. The number of rotatable bonds is 11. The zero-order valence-electron chi connectivity index (χ0n) is 83.3. The van der Waals surface area contributed by atoms with Crippen LogP contribution in [0.15, 0.2) is 339 Å². The quantitative estimate of drug-likeness (QED) is 0.121. The number of hydrogen-bond donors (Lipinski definition) is 0. The normalized spacial score (nSPS) is 14.8. The molecule has 3 aromatic heterocycles. The Hall–Kier alpha value is -13.4. The van der Waals surface area contributed by atoms with Crippen LogP contribution in [0.3, 0.4) is 0 Å². The Balaban J connectivity index is 1.05. The van der Waals surface area contributed by atoms with E-state index in [-0.39, 0.29) is 55.0 Å². The highest BCUT2D eigenvalue weighted by atomic mass is 15.2. The van der Waals surface area contributed by atoms with Crippen LogP contribution in [0, 0.1) is 0 Å². The minimum Gasteiger partial charge on any atom is -0.310 e. The molecule has 18 aromatic rings. The summed E-state index contributed by atoms with van der Waals surface area (Å²) >= 11 is 0. The smallest absolute Gasteiger partial charge is 0.252 e. The number of para-hydroxylation sites is 4. The van der Waals surface area contributed by atoms with Crippen molar-refractivity contribution in [3.8, 4) is 90.0 Å². The van der Waals surface area contributed by atoms with Crippen molar-refractivity contribution in [3.63, 3.8) is 0 Å². The van der Waals surface area contributed by atoms with E-state index >= 15 is 0 Å². The highest BCUT2D eigenvalue weighted by Crippen LogP contribution is 2.56. The first-order valence-electron chi connectivity index (χ1n) is 47.9. The minimum absolute atomic E-state index is 0.0726. The molecule has 0 fully saturated rings. The van der Waals surface area contributed by atoms with Gasteiger partial charge in [0.05, 0.1) is 55.4 Å². The van der Waals surface area contributed by atoms with Gasteiger partial charge in [-0.15, -0.1) is 0 Å². The molecule has 566 valence electrons. The summed E-state index contributed by atoms with van der Waals surface area (Å²) in [5.41, 5.74) is 16.7. The molecule has 20 rings (SSSR count). The van der Waals surface area contributed by atoms with E-state index in [0.717, 1.165) is 89.0 Å². The molecule has 0 N–H and O–H groups in total. The van der Waals surface area contributed by atoms with Gasteiger partial charge >= 0.3 is 0 Å². The molecule has 0 aliphatic carbocycles. The first-order chi connectivity index (χ1) is 63.2. The van der Waals surface area contributed by atoms with Gasteiger partial charge in [-0.05, 0) is 173 Å². The molecule has 0 saturated carbocycles. The molecule has 0 unspecified atom stereocenters. The highest BCUT2D eigenvalue weighted by molar-refractivity contribution is 7.00. The second-order valence-corrected chi connectivity index (χ2v) is 34.9. The van der Waals surface area contributed by atoms with Gasteiger partial charge < -0.3 is 18.9 Å². The van der Waals surface area contributed by atoms with Crippen molar-refractivity contribution in [2.24, 2.45) is 0 Å². The van der Waals surface area contributed by atoms with E-state index in [1.807, 2.05) is 152 Å². The van der Waals surface area contributed by atoms with E-state index < -0.39 is 125 Å². The predicted octanol–water partition coefficient (Wildman–Crippen LogP) is 27.0. The summed E-state index contributed by atoms with van der Waals surface area (Å²) in [7, 11) is 0. The van der Waals surface area contributed by atoms with Crippen LogP contribution in [0.5, 0.6) is 0 Å². The lowest BCUT2D eigenvalue weighted by Crippen LogP contribution is -2.61. The Morgan fingerprint density at radius 2 is 0.556 bits per heavy atom. The summed E-state index contributed by atoms with van der Waals surface area (Å²) in [6.45, 7) is 25.5. The van der Waals surface area contributed by atoms with E-state index in [1.165, 1.54) is 0 Å². The zero-order chi connectivity index (χ0) is 93.9. The van der Waals surface area contributed by atoms with Crippen LogP contribution in [0.1, 0.15) is 127 Å². The van der Waals surface area contributed by atoms with E-state index in [2.05, 4.69) is 184 Å². The molecule has 8 heteroatoms. The summed E-state index contributed by atoms with van der Waals surface area (Å²) in [4.78, 5) is 21.4. The molecular formula is C109H92BN7. The fraction of sp³-hybridized carbons (Fsp3) is 0.147. The maximum Gasteiger partial charge on any atom is 0.252 e. The maximum absolute atomic E-state index is 10.1. The average Bonchev–Trinajstić information content (AvgIpc) is 1.63. The van der Waals surface area contributed by atoms with Crippen LogP contribution >= 0.6 is 0 Å². The Labute approximate surface area is 709 Å². The third-order valence-corrected chi connectivity index (χ3v) is 23.2. The number of anilines is 6. The Morgan fingerprint density at radius 3 is 0.897 bits per heavy atom. The molecule has 0 saturated heterocycles. The first kappa shape index (κ1) is 56.8. The van der Waals surface area contributed by atoms with Crippen molar-refractivity contribution < 1.29 is 21.9 Å². The largest absolute Gasteiger partial charge is 0.310 e. The zero-order valence-corrected chi connectivity index (χ0v) is 67.3. The van der Waals surface area contributed by atoms with E-state index in [0.29, 0.717) is 62.4 Å². The fourth-order valence-electron chi connectivity index (χ4n) is 17.1. The number of nitrogens with zero attached hydrogens (tertiary/aromatic N) is 7. The minimum atomic E-state index is -0.885. The second kappa shape index (κ2) is 27.7. The van der Waals surface area contributed by atoms with Gasteiger partial charge in [-0.25, -0.2) is 15.0 Å². The van der Waals surface area contributed by atoms with Crippen molar-refractivity contribution in [3.05, 3.63) is 362 Å². The molecule has 0 amide bonds. The first-order valence-corrected chi connectivity index (χ1v) is 39.9. The van der Waals surface area contributed by atoms with Gasteiger partial charge in [-0.3, -0.25) is 0 Å². The Bertz CT molecular complexity index is 7690. The van der Waals surface area contributed by atoms with Crippen molar-refractivity contribution >= 4 is 101 Å². The van der Waals surface area contributed by atoms with Gasteiger partial charge in [-0.2, -0.15) is 0 Å². The fourth-order valence-corrected chi connectivity index (χ4v) is 17.1. The lowest BCUT2D eigenvalue weighted by molar-refractivity contribution is 0.569. The SMILES string of the molecule is [2H]c1c([2H])c([2H])c2c(c1[2H])c1c([2H])c([2H])c([2H])c([2H])c1n2-c1ccc2c(c1)N(c1c(-c3ccccc3)cc(C(C)(C)C)cc1-c1ccccc1)c1cc(-c3cc(C(C)(C)C)cc(C(C)(C)C)c3)cc3c1B2c1ccc(-n2c4c([2H])c([2H])c([2H])c([2H])c4c4c([2H])c([2H])c([2H])c([2H])c42)cc1N3c1c(-c2ccccc2)cc(C(C)(C)C)cc1-c1nc(-c2ccccc2)nc(-c2ccccc2)n1. The topological polar surface area (TPSA) is 55.0 Å². The highest BCUT2D eigenvalue weighted by Gasteiger charge is 2.47. The van der Waals surface area contributed by atoms with Gasteiger partial charge in [0.1, 0.15) is 0 Å². The molecule has 2 aliphatic heterocycles. The van der Waals surface area contributed by atoms with Gasteiger partial charge in [0.15, 0.2) is 17.5 Å². The van der Waals surface area contributed by atoms with Crippen molar-refractivity contribution in [2.45, 2.75) is 105 Å². The van der Waals surface area contributed by atoms with Gasteiger partial charge in [0.25, 0.3) is 6.71 Å². The molecule has 0 radical (unpaired) electrons. The monoisotopic (exact) mass is 1530 g/mol. The molecule has 0 bridgehead atoms. The molecule has 5 heterocycles. The van der Waals surface area contributed by atoms with Gasteiger partial charge in [-0.1, -0.05) is 338 Å². The van der Waals surface area contributed by atoms with Crippen LogP contribution in [0.2, 0.25) is 0 Å². The Morgan fingerprint density at radius 1 is 0.265 bits per heavy atom. The van der Waals surface area contributed by atoms with Gasteiger partial charge in [0, 0.05) is 89.0 Å². The number of aromatic nitrogens is 5. The number of hydrogen-bond acceptors (Lipinski definition) is 5. The van der Waals surface area contributed by atoms with E-state index in [9.17, 15) is 21.9 Å². The van der Waals surface area contributed by atoms with E-state index in [1.54, 1.807) is 9.13 Å². The molecule has 0 spiro atoms. The second-order valence-electron chi connectivity index (χ2n) is 34.9. The molecule has 2 aliphatic rings. The third-order valence-electron chi connectivity index (χ3n) is 23.2. The van der Waals surface area contributed by atoms with Crippen LogP contribution in [-0.4, -0.2) is 30.8 Å². The summed E-state index contributed by atoms with van der Waals surface area (Å²) in [5.74, 6) is 1.08. The Kier molecular flexibility index (Phi) is 13.4. The summed E-state index contributed by atoms with van der Waals surface area (Å²) in [5, 5.41) is -0.395. The molecular weight excluding hydrogens is 1420 g/mol. The van der Waals surface area contributed by atoms with E-state index in [4.69, 9.17) is 15.0 Å². The van der Waals surface area contributed by atoms with Crippen LogP contribution in [0.25, 0.3) is 134 Å². The van der Waals surface area contributed by atoms with Crippen molar-refractivity contribution in [2.75, 3.05) is 9.80 Å².